The van der Waals surface area contributed by atoms with E-state index in [0.29, 0.717) is 12.6 Å². The van der Waals surface area contributed by atoms with Gasteiger partial charge < -0.3 is 15.3 Å². The number of aliphatic hydroxyl groups is 1. The molecule has 1 fully saturated rings. The molecule has 1 aliphatic heterocycles. The fourth-order valence-electron chi connectivity index (χ4n) is 1.76. The van der Waals surface area contributed by atoms with E-state index in [1.54, 1.807) is 0 Å². The summed E-state index contributed by atoms with van der Waals surface area (Å²) >= 11 is 0. The zero-order chi connectivity index (χ0) is 9.68. The van der Waals surface area contributed by atoms with Crippen LogP contribution in [0.4, 0.5) is 0 Å². The molecule has 0 atom stereocenters. The van der Waals surface area contributed by atoms with Crippen molar-refractivity contribution in [2.75, 3.05) is 32.8 Å². The summed E-state index contributed by atoms with van der Waals surface area (Å²) in [4.78, 5) is 2.31. The number of nitrogens with one attached hydrogen (secondary N) is 1. The minimum atomic E-state index is 0.303. The summed E-state index contributed by atoms with van der Waals surface area (Å²) in [6.07, 6.45) is 1.28. The van der Waals surface area contributed by atoms with E-state index in [1.807, 2.05) is 0 Å². The van der Waals surface area contributed by atoms with Gasteiger partial charge in [0.1, 0.15) is 0 Å². The van der Waals surface area contributed by atoms with Crippen LogP contribution >= 0.6 is 0 Å². The zero-order valence-corrected chi connectivity index (χ0v) is 8.79. The maximum Gasteiger partial charge on any atom is 0.0558 e. The van der Waals surface area contributed by atoms with Gasteiger partial charge in [-0.1, -0.05) is 13.8 Å². The highest BCUT2D eigenvalue weighted by Gasteiger charge is 2.24. The predicted octanol–water partition coefficient (Wildman–Crippen LogP) is 0.299. The molecular weight excluding hydrogens is 164 g/mol. The van der Waals surface area contributed by atoms with Crippen LogP contribution in [0.1, 0.15) is 20.3 Å². The van der Waals surface area contributed by atoms with Crippen LogP contribution in [0.2, 0.25) is 0 Å². The van der Waals surface area contributed by atoms with Crippen LogP contribution in [0.5, 0.6) is 0 Å². The Kier molecular flexibility index (Phi) is 4.70. The summed E-state index contributed by atoms with van der Waals surface area (Å²) in [5.41, 5.74) is 0. The highest BCUT2D eigenvalue weighted by Crippen LogP contribution is 2.17. The molecule has 0 unspecified atom stereocenters. The number of aliphatic hydroxyl groups excluding tert-OH is 1. The van der Waals surface area contributed by atoms with Crippen LogP contribution in [0, 0.1) is 5.92 Å². The molecular formula is C10H22N2O. The molecule has 1 rings (SSSR count). The van der Waals surface area contributed by atoms with Crippen LogP contribution in [0.15, 0.2) is 0 Å². The van der Waals surface area contributed by atoms with Gasteiger partial charge in [0.05, 0.1) is 6.61 Å². The predicted molar refractivity (Wildman–Crippen MR) is 54.8 cm³/mol. The monoisotopic (exact) mass is 186 g/mol. The molecule has 3 heteroatoms. The van der Waals surface area contributed by atoms with E-state index in [9.17, 15) is 0 Å². The summed E-state index contributed by atoms with van der Waals surface area (Å²) in [5, 5.41) is 12.1. The highest BCUT2D eigenvalue weighted by molar-refractivity contribution is 4.79. The fourth-order valence-corrected chi connectivity index (χ4v) is 1.76. The average molecular weight is 186 g/mol. The molecule has 0 saturated carbocycles. The quantitative estimate of drug-likeness (QED) is 0.626. The van der Waals surface area contributed by atoms with E-state index in [2.05, 4.69) is 24.1 Å². The third-order valence-electron chi connectivity index (χ3n) is 2.55. The zero-order valence-electron chi connectivity index (χ0n) is 8.79. The maximum absolute atomic E-state index is 8.68. The Morgan fingerprint density at radius 1 is 1.46 bits per heavy atom. The second-order valence-corrected chi connectivity index (χ2v) is 4.25. The Labute approximate surface area is 81.1 Å². The number of nitrogens with zero attached hydrogens (tertiary/aromatic N) is 1. The third-order valence-corrected chi connectivity index (χ3v) is 2.55. The molecule has 0 aliphatic carbocycles. The lowest BCUT2D eigenvalue weighted by atomic mass is 9.96. The fraction of sp³-hybridized carbons (Fsp3) is 1.00. The first-order chi connectivity index (χ1) is 6.22. The first-order valence-electron chi connectivity index (χ1n) is 5.29. The van der Waals surface area contributed by atoms with Crippen LogP contribution in [-0.2, 0) is 0 Å². The standard InChI is InChI=1S/C10H22N2O/c1-9(2)11-4-3-10-7-12(8-10)5-6-13/h9-11,13H,3-8H2,1-2H3. The molecule has 0 amide bonds. The van der Waals surface area contributed by atoms with Crippen molar-refractivity contribution in [2.45, 2.75) is 26.3 Å². The van der Waals surface area contributed by atoms with Gasteiger partial charge in [0.25, 0.3) is 0 Å². The van der Waals surface area contributed by atoms with Crippen LogP contribution in [0.3, 0.4) is 0 Å². The normalized spacial score (nSPS) is 19.4. The van der Waals surface area contributed by atoms with Gasteiger partial charge in [-0.3, -0.25) is 0 Å². The molecule has 0 radical (unpaired) electrons. The van der Waals surface area contributed by atoms with Gasteiger partial charge in [0.2, 0.25) is 0 Å². The lowest BCUT2D eigenvalue weighted by Crippen LogP contribution is -2.48. The first-order valence-corrected chi connectivity index (χ1v) is 5.29. The van der Waals surface area contributed by atoms with Crippen molar-refractivity contribution in [2.24, 2.45) is 5.92 Å². The van der Waals surface area contributed by atoms with E-state index < -0.39 is 0 Å². The SMILES string of the molecule is CC(C)NCCC1CN(CCO)C1. The molecule has 1 aliphatic rings. The average Bonchev–Trinajstić information content (AvgIpc) is 1.99. The molecule has 0 aromatic rings. The Hall–Kier alpha value is -0.120. The molecule has 1 saturated heterocycles. The van der Waals surface area contributed by atoms with Crippen molar-refractivity contribution in [1.29, 1.82) is 0 Å². The Bertz CT molecular complexity index is 133. The van der Waals surface area contributed by atoms with Crippen molar-refractivity contribution in [3.8, 4) is 0 Å². The molecule has 1 heterocycles. The number of rotatable bonds is 6. The maximum atomic E-state index is 8.68. The third kappa shape index (κ3) is 4.07. The van der Waals surface area contributed by atoms with Crippen molar-refractivity contribution in [1.82, 2.24) is 10.2 Å². The van der Waals surface area contributed by atoms with E-state index >= 15 is 0 Å². The van der Waals surface area contributed by atoms with E-state index in [-0.39, 0.29) is 0 Å². The van der Waals surface area contributed by atoms with Gasteiger partial charge in [-0.2, -0.15) is 0 Å². The summed E-state index contributed by atoms with van der Waals surface area (Å²) < 4.78 is 0. The van der Waals surface area contributed by atoms with Gasteiger partial charge in [-0.15, -0.1) is 0 Å². The topological polar surface area (TPSA) is 35.5 Å². The Morgan fingerprint density at radius 3 is 2.69 bits per heavy atom. The van der Waals surface area contributed by atoms with Crippen LogP contribution in [0.25, 0.3) is 0 Å². The number of hydrogen-bond donors (Lipinski definition) is 2. The lowest BCUT2D eigenvalue weighted by Gasteiger charge is -2.39. The number of hydrogen-bond acceptors (Lipinski definition) is 3. The molecule has 78 valence electrons. The summed E-state index contributed by atoms with van der Waals surface area (Å²) in [5.74, 6) is 0.859. The highest BCUT2D eigenvalue weighted by atomic mass is 16.3. The van der Waals surface area contributed by atoms with Gasteiger partial charge in [-0.25, -0.2) is 0 Å². The van der Waals surface area contributed by atoms with E-state index in [1.165, 1.54) is 19.5 Å². The summed E-state index contributed by atoms with van der Waals surface area (Å²) in [7, 11) is 0. The number of likely N-dealkylation sites (tertiary alicyclic amines) is 1. The van der Waals surface area contributed by atoms with Crippen molar-refractivity contribution in [3.63, 3.8) is 0 Å². The smallest absolute Gasteiger partial charge is 0.0558 e. The molecule has 0 aromatic carbocycles. The summed E-state index contributed by atoms with van der Waals surface area (Å²) in [6, 6.07) is 0.605. The minimum Gasteiger partial charge on any atom is -0.395 e. The second kappa shape index (κ2) is 5.58. The van der Waals surface area contributed by atoms with E-state index in [0.717, 1.165) is 19.0 Å². The molecule has 0 aromatic heterocycles. The molecule has 2 N–H and O–H groups in total. The van der Waals surface area contributed by atoms with Gasteiger partial charge in [0, 0.05) is 25.7 Å². The molecule has 13 heavy (non-hydrogen) atoms. The molecule has 0 spiro atoms. The van der Waals surface area contributed by atoms with Gasteiger partial charge in [0.15, 0.2) is 0 Å². The van der Waals surface area contributed by atoms with E-state index in [4.69, 9.17) is 5.11 Å². The lowest BCUT2D eigenvalue weighted by molar-refractivity contribution is 0.0731. The van der Waals surface area contributed by atoms with Crippen molar-refractivity contribution >= 4 is 0 Å². The molecule has 3 nitrogen and oxygen atoms in total. The van der Waals surface area contributed by atoms with Gasteiger partial charge >= 0.3 is 0 Å². The van der Waals surface area contributed by atoms with Gasteiger partial charge in [-0.05, 0) is 18.9 Å². The minimum absolute atomic E-state index is 0.303. The molecule has 0 bridgehead atoms. The van der Waals surface area contributed by atoms with Crippen LogP contribution in [-0.4, -0.2) is 48.8 Å². The van der Waals surface area contributed by atoms with Crippen molar-refractivity contribution in [3.05, 3.63) is 0 Å². The Balaban J connectivity index is 1.90. The van der Waals surface area contributed by atoms with Crippen LogP contribution < -0.4 is 5.32 Å². The summed E-state index contributed by atoms with van der Waals surface area (Å²) in [6.45, 7) is 9.01. The number of β-amino-alcohol motifs (C(OH)–C–C–N with tert-alkyl or cyclic N) is 1. The second-order valence-electron chi connectivity index (χ2n) is 4.25. The first kappa shape index (κ1) is 11.0. The largest absolute Gasteiger partial charge is 0.395 e. The Morgan fingerprint density at radius 2 is 2.15 bits per heavy atom. The van der Waals surface area contributed by atoms with Crippen molar-refractivity contribution < 1.29 is 5.11 Å².